The molecule has 0 saturated carbocycles. The highest BCUT2D eigenvalue weighted by Crippen LogP contribution is 2.35. The molecular weight excluding hydrogens is 209 g/mol. The first-order valence-electron chi connectivity index (χ1n) is 3.27. The number of aryl methyl sites for hydroxylation is 1. The monoisotopic (exact) mass is 214 g/mol. The molecule has 0 fully saturated rings. The summed E-state index contributed by atoms with van der Waals surface area (Å²) in [6.07, 6.45) is -4.58. The van der Waals surface area contributed by atoms with Crippen molar-refractivity contribution < 1.29 is 18.3 Å². The first kappa shape index (κ1) is 10.3. The van der Waals surface area contributed by atoms with Gasteiger partial charge in [0.1, 0.15) is 0 Å². The minimum absolute atomic E-state index is 0.0472. The van der Waals surface area contributed by atoms with Crippen molar-refractivity contribution in [1.29, 1.82) is 0 Å². The molecule has 0 unspecified atom stereocenters. The van der Waals surface area contributed by atoms with E-state index in [1.165, 1.54) is 7.05 Å². The zero-order chi connectivity index (χ0) is 10.2. The summed E-state index contributed by atoms with van der Waals surface area (Å²) in [7, 11) is 1.28. The van der Waals surface area contributed by atoms with Gasteiger partial charge in [0.05, 0.1) is 17.3 Å². The van der Waals surface area contributed by atoms with Gasteiger partial charge in [0.15, 0.2) is 5.69 Å². The lowest BCUT2D eigenvalue weighted by Gasteiger charge is -2.00. The summed E-state index contributed by atoms with van der Waals surface area (Å²) in [5.41, 5.74) is -1.21. The zero-order valence-electron chi connectivity index (χ0n) is 6.56. The lowest BCUT2D eigenvalue weighted by Crippen LogP contribution is -2.07. The second-order valence-corrected chi connectivity index (χ2v) is 2.77. The smallest absolute Gasteiger partial charge is 0.390 e. The fourth-order valence-electron chi connectivity index (χ4n) is 0.886. The maximum absolute atomic E-state index is 12.1. The molecule has 0 aliphatic rings. The molecule has 7 heteroatoms. The molecule has 0 aliphatic carbocycles. The Balaban J connectivity index is 3.26. The summed E-state index contributed by atoms with van der Waals surface area (Å²) in [5, 5.41) is 11.3. The molecule has 0 spiro atoms. The van der Waals surface area contributed by atoms with Crippen molar-refractivity contribution >= 4 is 11.6 Å². The molecule has 0 aliphatic heterocycles. The summed E-state index contributed by atoms with van der Waals surface area (Å²) in [5.74, 6) is 0. The number of hydrogen-bond donors (Lipinski definition) is 1. The van der Waals surface area contributed by atoms with Gasteiger partial charge in [0, 0.05) is 7.05 Å². The second kappa shape index (κ2) is 3.19. The third-order valence-corrected chi connectivity index (χ3v) is 1.92. The Labute approximate surface area is 76.7 Å². The Morgan fingerprint density at radius 1 is 1.54 bits per heavy atom. The van der Waals surface area contributed by atoms with Gasteiger partial charge in [-0.1, -0.05) is 11.6 Å². The number of hydrogen-bond acceptors (Lipinski definition) is 2. The van der Waals surface area contributed by atoms with Crippen LogP contribution in [-0.4, -0.2) is 14.9 Å². The number of aromatic nitrogens is 2. The number of alkyl halides is 3. The van der Waals surface area contributed by atoms with E-state index in [-0.39, 0.29) is 5.69 Å². The van der Waals surface area contributed by atoms with Crippen LogP contribution >= 0.6 is 11.6 Å². The van der Waals surface area contributed by atoms with Crippen LogP contribution in [0.2, 0.25) is 5.02 Å². The molecule has 0 radical (unpaired) electrons. The minimum Gasteiger partial charge on any atom is -0.390 e. The van der Waals surface area contributed by atoms with Gasteiger partial charge in [-0.25, -0.2) is 0 Å². The molecule has 13 heavy (non-hydrogen) atoms. The van der Waals surface area contributed by atoms with E-state index in [0.717, 1.165) is 4.68 Å². The third kappa shape index (κ3) is 1.78. The molecule has 3 nitrogen and oxygen atoms in total. The number of rotatable bonds is 1. The Morgan fingerprint density at radius 3 is 2.31 bits per heavy atom. The maximum atomic E-state index is 12.1. The molecule has 0 aromatic carbocycles. The van der Waals surface area contributed by atoms with E-state index in [2.05, 4.69) is 5.10 Å². The quantitative estimate of drug-likeness (QED) is 0.771. The topological polar surface area (TPSA) is 38.0 Å². The standard InChI is InChI=1S/C6H6ClF3N2O/c1-12-3(2-13)4(7)5(11-12)6(8,9)10/h13H,2H2,1H3. The zero-order valence-corrected chi connectivity index (χ0v) is 7.32. The van der Waals surface area contributed by atoms with Crippen LogP contribution in [0, 0.1) is 0 Å². The fourth-order valence-corrected chi connectivity index (χ4v) is 1.21. The average molecular weight is 215 g/mol. The minimum atomic E-state index is -4.58. The Morgan fingerprint density at radius 2 is 2.08 bits per heavy atom. The highest BCUT2D eigenvalue weighted by atomic mass is 35.5. The molecule has 74 valence electrons. The maximum Gasteiger partial charge on any atom is 0.436 e. The average Bonchev–Trinajstić information content (AvgIpc) is 2.25. The van der Waals surface area contributed by atoms with Crippen LogP contribution in [0.15, 0.2) is 0 Å². The van der Waals surface area contributed by atoms with Crippen LogP contribution in [0.4, 0.5) is 13.2 Å². The number of aliphatic hydroxyl groups is 1. The largest absolute Gasteiger partial charge is 0.436 e. The first-order chi connectivity index (χ1) is 5.88. The van der Waals surface area contributed by atoms with E-state index in [1.807, 2.05) is 0 Å². The molecule has 0 bridgehead atoms. The molecule has 1 aromatic heterocycles. The van der Waals surface area contributed by atoms with E-state index in [1.54, 1.807) is 0 Å². The van der Waals surface area contributed by atoms with Crippen LogP contribution in [0.3, 0.4) is 0 Å². The molecule has 1 heterocycles. The molecule has 0 atom stereocenters. The highest BCUT2D eigenvalue weighted by molar-refractivity contribution is 6.32. The summed E-state index contributed by atoms with van der Waals surface area (Å²) in [6.45, 7) is -0.571. The normalized spacial score (nSPS) is 12.2. The summed E-state index contributed by atoms with van der Waals surface area (Å²) in [6, 6.07) is 0. The second-order valence-electron chi connectivity index (χ2n) is 2.39. The van der Waals surface area contributed by atoms with Crippen LogP contribution in [0.5, 0.6) is 0 Å². The van der Waals surface area contributed by atoms with Crippen molar-refractivity contribution in [3.05, 3.63) is 16.4 Å². The van der Waals surface area contributed by atoms with E-state index in [4.69, 9.17) is 16.7 Å². The van der Waals surface area contributed by atoms with Gasteiger partial charge in [-0.15, -0.1) is 0 Å². The van der Waals surface area contributed by atoms with Gasteiger partial charge < -0.3 is 5.11 Å². The van der Waals surface area contributed by atoms with Crippen LogP contribution in [0.25, 0.3) is 0 Å². The molecular formula is C6H6ClF3N2O. The molecule has 0 amide bonds. The van der Waals surface area contributed by atoms with Crippen molar-refractivity contribution in [2.45, 2.75) is 12.8 Å². The Bertz CT molecular complexity index is 320. The summed E-state index contributed by atoms with van der Waals surface area (Å²) in [4.78, 5) is 0. The van der Waals surface area contributed by atoms with Gasteiger partial charge in [-0.2, -0.15) is 18.3 Å². The molecule has 1 aromatic rings. The van der Waals surface area contributed by atoms with Gasteiger partial charge in [0.25, 0.3) is 0 Å². The van der Waals surface area contributed by atoms with Crippen molar-refractivity contribution in [1.82, 2.24) is 9.78 Å². The Hall–Kier alpha value is -0.750. The highest BCUT2D eigenvalue weighted by Gasteiger charge is 2.38. The number of aliphatic hydroxyl groups excluding tert-OH is 1. The number of halogens is 4. The van der Waals surface area contributed by atoms with Gasteiger partial charge in [-0.05, 0) is 0 Å². The van der Waals surface area contributed by atoms with Crippen LogP contribution < -0.4 is 0 Å². The van der Waals surface area contributed by atoms with E-state index in [0.29, 0.717) is 0 Å². The Kier molecular flexibility index (Phi) is 2.53. The molecule has 1 rings (SSSR count). The SMILES string of the molecule is Cn1nc(C(F)(F)F)c(Cl)c1CO. The number of nitrogens with zero attached hydrogens (tertiary/aromatic N) is 2. The summed E-state index contributed by atoms with van der Waals surface area (Å²) < 4.78 is 37.3. The van der Waals surface area contributed by atoms with Crippen molar-refractivity contribution in [2.75, 3.05) is 0 Å². The molecule has 1 N–H and O–H groups in total. The first-order valence-corrected chi connectivity index (χ1v) is 3.65. The summed E-state index contributed by atoms with van der Waals surface area (Å²) >= 11 is 5.35. The van der Waals surface area contributed by atoms with Crippen molar-refractivity contribution in [3.8, 4) is 0 Å². The predicted molar refractivity (Wildman–Crippen MR) is 39.1 cm³/mol. The van der Waals surface area contributed by atoms with Gasteiger partial charge >= 0.3 is 6.18 Å². The van der Waals surface area contributed by atoms with E-state index < -0.39 is 23.5 Å². The molecule has 0 saturated heterocycles. The fraction of sp³-hybridized carbons (Fsp3) is 0.500. The van der Waals surface area contributed by atoms with Crippen molar-refractivity contribution in [3.63, 3.8) is 0 Å². The van der Waals surface area contributed by atoms with E-state index in [9.17, 15) is 13.2 Å². The lowest BCUT2D eigenvalue weighted by atomic mass is 10.3. The van der Waals surface area contributed by atoms with E-state index >= 15 is 0 Å². The van der Waals surface area contributed by atoms with Gasteiger partial charge in [-0.3, -0.25) is 4.68 Å². The third-order valence-electron chi connectivity index (χ3n) is 1.52. The lowest BCUT2D eigenvalue weighted by molar-refractivity contribution is -0.141. The van der Waals surface area contributed by atoms with Crippen molar-refractivity contribution in [2.24, 2.45) is 7.05 Å². The van der Waals surface area contributed by atoms with Gasteiger partial charge in [0.2, 0.25) is 0 Å². The predicted octanol–water partition coefficient (Wildman–Crippen LogP) is 1.58. The van der Waals surface area contributed by atoms with Crippen LogP contribution in [0.1, 0.15) is 11.4 Å². The van der Waals surface area contributed by atoms with Crippen LogP contribution in [-0.2, 0) is 19.8 Å².